The smallest absolute Gasteiger partial charge is 0.174 e. The maximum atomic E-state index is 12.6. The Morgan fingerprint density at radius 1 is 0.913 bits per heavy atom. The van der Waals surface area contributed by atoms with Crippen molar-refractivity contribution in [2.24, 2.45) is 0 Å². The van der Waals surface area contributed by atoms with Gasteiger partial charge in [-0.15, -0.1) is 0 Å². The molecule has 1 unspecified atom stereocenters. The minimum Gasteiger partial charge on any atom is -0.174 e. The lowest BCUT2D eigenvalue weighted by Gasteiger charge is -2.14. The van der Waals surface area contributed by atoms with Gasteiger partial charge in [-0.25, -0.2) is 0 Å². The molecule has 0 saturated carbocycles. The first kappa shape index (κ1) is 17.2. The molecule has 0 radical (unpaired) electrons. The van der Waals surface area contributed by atoms with Crippen molar-refractivity contribution in [1.82, 2.24) is 0 Å². The van der Waals surface area contributed by atoms with Gasteiger partial charge in [-0.05, 0) is 42.2 Å². The van der Waals surface area contributed by atoms with Crippen LogP contribution in [-0.4, -0.2) is 0 Å². The van der Waals surface area contributed by atoms with E-state index in [2.05, 4.69) is 0 Å². The molecule has 0 fully saturated rings. The Hall–Kier alpha value is -2.17. The summed E-state index contributed by atoms with van der Waals surface area (Å²) in [5.41, 5.74) is 0.659. The van der Waals surface area contributed by atoms with Gasteiger partial charge in [-0.1, -0.05) is 42.5 Å². The van der Waals surface area contributed by atoms with Crippen LogP contribution in [-0.2, 0) is 12.6 Å². The molecule has 0 aliphatic carbocycles. The van der Waals surface area contributed by atoms with Crippen LogP contribution in [0.25, 0.3) is 0 Å². The number of hydrogen-bond donors (Lipinski definition) is 0. The molecule has 5 heteroatoms. The zero-order chi connectivity index (χ0) is 16.9. The van der Waals surface area contributed by atoms with Crippen LogP contribution in [0.3, 0.4) is 0 Å². The fraction of sp³-hybridized carbons (Fsp3) is 0.222. The predicted octanol–water partition coefficient (Wildman–Crippen LogP) is 6.20. The summed E-state index contributed by atoms with van der Waals surface area (Å²) in [6, 6.07) is 13.7. The van der Waals surface area contributed by atoms with Gasteiger partial charge in [-0.3, -0.25) is 0 Å². The molecular formula is C18H15F5. The van der Waals surface area contributed by atoms with Crippen LogP contribution in [0.2, 0.25) is 0 Å². The third kappa shape index (κ3) is 5.20. The Balaban J connectivity index is 2.16. The van der Waals surface area contributed by atoms with Crippen molar-refractivity contribution >= 4 is 0 Å². The van der Waals surface area contributed by atoms with Crippen LogP contribution < -0.4 is 0 Å². The molecule has 0 amide bonds. The van der Waals surface area contributed by atoms with Crippen LogP contribution in [0.5, 0.6) is 0 Å². The predicted molar refractivity (Wildman–Crippen MR) is 79.2 cm³/mol. The third-order valence-electron chi connectivity index (χ3n) is 3.58. The largest absolute Gasteiger partial charge is 0.416 e. The lowest BCUT2D eigenvalue weighted by atomic mass is 9.91. The van der Waals surface area contributed by atoms with Crippen molar-refractivity contribution in [2.75, 3.05) is 0 Å². The van der Waals surface area contributed by atoms with E-state index in [1.54, 1.807) is 0 Å². The molecular weight excluding hydrogens is 311 g/mol. The second kappa shape index (κ2) is 7.40. The highest BCUT2D eigenvalue weighted by Gasteiger charge is 2.30. The van der Waals surface area contributed by atoms with Gasteiger partial charge in [0.05, 0.1) is 5.56 Å². The number of aryl methyl sites for hydroxylation is 1. The zero-order valence-electron chi connectivity index (χ0n) is 12.2. The van der Waals surface area contributed by atoms with E-state index < -0.39 is 23.7 Å². The van der Waals surface area contributed by atoms with Crippen LogP contribution in [0.4, 0.5) is 22.0 Å². The molecule has 0 spiro atoms. The number of benzene rings is 2. The molecule has 0 bridgehead atoms. The molecule has 2 aromatic carbocycles. The van der Waals surface area contributed by atoms with Crippen LogP contribution in [0.15, 0.2) is 66.8 Å². The Morgan fingerprint density at radius 2 is 1.52 bits per heavy atom. The molecule has 0 heterocycles. The quantitative estimate of drug-likeness (QED) is 0.574. The van der Waals surface area contributed by atoms with Crippen molar-refractivity contribution in [3.8, 4) is 0 Å². The lowest BCUT2D eigenvalue weighted by Crippen LogP contribution is -2.05. The molecule has 0 aliphatic heterocycles. The lowest BCUT2D eigenvalue weighted by molar-refractivity contribution is -0.137. The van der Waals surface area contributed by atoms with E-state index in [0.717, 1.165) is 23.8 Å². The van der Waals surface area contributed by atoms with E-state index in [-0.39, 0.29) is 0 Å². The van der Waals surface area contributed by atoms with Gasteiger partial charge in [0.2, 0.25) is 0 Å². The van der Waals surface area contributed by atoms with Crippen molar-refractivity contribution in [3.63, 3.8) is 0 Å². The number of allylic oxidation sites excluding steroid dienone is 1. The molecule has 0 saturated heterocycles. The molecule has 122 valence electrons. The average Bonchev–Trinajstić information content (AvgIpc) is 2.51. The van der Waals surface area contributed by atoms with Crippen LogP contribution >= 0.6 is 0 Å². The first-order chi connectivity index (χ1) is 10.9. The van der Waals surface area contributed by atoms with Gasteiger partial charge in [0.25, 0.3) is 6.08 Å². The summed E-state index contributed by atoms with van der Waals surface area (Å²) in [7, 11) is 0. The summed E-state index contributed by atoms with van der Waals surface area (Å²) in [5, 5.41) is 0. The Morgan fingerprint density at radius 3 is 2.04 bits per heavy atom. The molecule has 0 N–H and O–H groups in total. The Bertz CT molecular complexity index is 637. The molecule has 0 aromatic heterocycles. The molecule has 2 rings (SSSR count). The molecule has 2 aromatic rings. The average molecular weight is 326 g/mol. The fourth-order valence-electron chi connectivity index (χ4n) is 2.38. The molecule has 0 nitrogen and oxygen atoms in total. The van der Waals surface area contributed by atoms with E-state index in [9.17, 15) is 22.0 Å². The number of rotatable bonds is 5. The monoisotopic (exact) mass is 326 g/mol. The van der Waals surface area contributed by atoms with Crippen molar-refractivity contribution in [2.45, 2.75) is 24.9 Å². The minimum absolute atomic E-state index is 0.396. The van der Waals surface area contributed by atoms with Gasteiger partial charge in [0.1, 0.15) is 0 Å². The summed E-state index contributed by atoms with van der Waals surface area (Å²) >= 11 is 0. The van der Waals surface area contributed by atoms with Crippen molar-refractivity contribution < 1.29 is 22.0 Å². The maximum absolute atomic E-state index is 12.6. The van der Waals surface area contributed by atoms with Gasteiger partial charge in [0.15, 0.2) is 0 Å². The van der Waals surface area contributed by atoms with E-state index in [1.165, 1.54) is 12.1 Å². The first-order valence-electron chi connectivity index (χ1n) is 7.10. The third-order valence-corrected chi connectivity index (χ3v) is 3.58. The summed E-state index contributed by atoms with van der Waals surface area (Å²) < 4.78 is 63.0. The highest BCUT2D eigenvalue weighted by atomic mass is 19.4. The second-order valence-electron chi connectivity index (χ2n) is 5.21. The first-order valence-corrected chi connectivity index (χ1v) is 7.10. The number of halogens is 5. The Kier molecular flexibility index (Phi) is 5.53. The zero-order valence-corrected chi connectivity index (χ0v) is 12.2. The maximum Gasteiger partial charge on any atom is 0.416 e. The van der Waals surface area contributed by atoms with Gasteiger partial charge >= 0.3 is 6.18 Å². The second-order valence-corrected chi connectivity index (χ2v) is 5.21. The number of alkyl halides is 3. The highest BCUT2D eigenvalue weighted by molar-refractivity contribution is 5.30. The van der Waals surface area contributed by atoms with Gasteiger partial charge in [-0.2, -0.15) is 22.0 Å². The van der Waals surface area contributed by atoms with Crippen LogP contribution in [0.1, 0.15) is 29.0 Å². The summed E-state index contributed by atoms with van der Waals surface area (Å²) in [4.78, 5) is 0. The number of hydrogen-bond acceptors (Lipinski definition) is 0. The Labute approximate surface area is 131 Å². The van der Waals surface area contributed by atoms with Crippen molar-refractivity contribution in [3.05, 3.63) is 83.4 Å². The molecule has 23 heavy (non-hydrogen) atoms. The van der Waals surface area contributed by atoms with E-state index in [0.29, 0.717) is 18.4 Å². The van der Waals surface area contributed by atoms with Gasteiger partial charge < -0.3 is 0 Å². The summed E-state index contributed by atoms with van der Waals surface area (Å²) in [6.45, 7) is 0. The topological polar surface area (TPSA) is 0 Å². The molecule has 1 atom stereocenters. The van der Waals surface area contributed by atoms with Crippen molar-refractivity contribution in [1.29, 1.82) is 0 Å². The molecule has 0 aliphatic rings. The summed E-state index contributed by atoms with van der Waals surface area (Å²) in [6.07, 6.45) is -4.50. The normalized spacial score (nSPS) is 12.7. The SMILES string of the molecule is FC(F)=CC(CCc1ccccc1)c1ccc(C(F)(F)F)cc1. The standard InChI is InChI=1S/C18H15F5/c19-17(20)12-15(7-6-13-4-2-1-3-5-13)14-8-10-16(11-9-14)18(21,22)23/h1-5,8-12,15H,6-7H2. The minimum atomic E-state index is -4.43. The van der Waals surface area contributed by atoms with E-state index in [1.807, 2.05) is 30.3 Å². The summed E-state index contributed by atoms with van der Waals surface area (Å²) in [5.74, 6) is -0.623. The van der Waals surface area contributed by atoms with E-state index >= 15 is 0 Å². The van der Waals surface area contributed by atoms with Crippen LogP contribution in [0, 0.1) is 0 Å². The van der Waals surface area contributed by atoms with Gasteiger partial charge in [0, 0.05) is 5.92 Å². The fourth-order valence-corrected chi connectivity index (χ4v) is 2.38. The van der Waals surface area contributed by atoms with E-state index in [4.69, 9.17) is 0 Å². The highest BCUT2D eigenvalue weighted by Crippen LogP contribution is 2.32.